The van der Waals surface area contributed by atoms with Gasteiger partial charge in [0.25, 0.3) is 5.91 Å². The van der Waals surface area contributed by atoms with Gasteiger partial charge in [0, 0.05) is 10.6 Å². The van der Waals surface area contributed by atoms with Gasteiger partial charge in [0.15, 0.2) is 5.82 Å². The third-order valence-electron chi connectivity index (χ3n) is 2.06. The molecule has 17 heavy (non-hydrogen) atoms. The summed E-state index contributed by atoms with van der Waals surface area (Å²) in [6.45, 7) is 1.91. The molecule has 1 heterocycles. The molecule has 0 bridgehead atoms. The number of aromatic nitrogens is 2. The Kier molecular flexibility index (Phi) is 3.39. The first-order valence-corrected chi connectivity index (χ1v) is 5.36. The number of halogens is 1. The van der Waals surface area contributed by atoms with Crippen molar-refractivity contribution in [3.05, 3.63) is 46.6 Å². The maximum atomic E-state index is 11.7. The number of hydrogen-bond donors (Lipinski definition) is 1. The van der Waals surface area contributed by atoms with Gasteiger partial charge in [-0.2, -0.15) is 4.98 Å². The maximum Gasteiger partial charge on any atom is 0.251 e. The SMILES string of the molecule is Cc1noc(CNC(=O)c2cccc(Cl)c2)n1. The number of carbonyl (C=O) groups excluding carboxylic acids is 1. The molecular weight excluding hydrogens is 242 g/mol. The van der Waals surface area contributed by atoms with Crippen LogP contribution in [0.25, 0.3) is 0 Å². The lowest BCUT2D eigenvalue weighted by molar-refractivity contribution is 0.0946. The van der Waals surface area contributed by atoms with E-state index in [1.54, 1.807) is 31.2 Å². The lowest BCUT2D eigenvalue weighted by Gasteiger charge is -2.02. The lowest BCUT2D eigenvalue weighted by atomic mass is 10.2. The third-order valence-corrected chi connectivity index (χ3v) is 2.29. The van der Waals surface area contributed by atoms with E-state index in [9.17, 15) is 4.79 Å². The zero-order valence-electron chi connectivity index (χ0n) is 9.11. The Bertz CT molecular complexity index is 539. The van der Waals surface area contributed by atoms with Gasteiger partial charge in [0.05, 0.1) is 6.54 Å². The van der Waals surface area contributed by atoms with Crippen LogP contribution < -0.4 is 5.32 Å². The highest BCUT2D eigenvalue weighted by molar-refractivity contribution is 6.30. The van der Waals surface area contributed by atoms with Crippen LogP contribution in [0.4, 0.5) is 0 Å². The molecule has 1 amide bonds. The highest BCUT2D eigenvalue weighted by atomic mass is 35.5. The minimum atomic E-state index is -0.233. The topological polar surface area (TPSA) is 68.0 Å². The zero-order valence-corrected chi connectivity index (χ0v) is 9.86. The minimum Gasteiger partial charge on any atom is -0.343 e. The summed E-state index contributed by atoms with van der Waals surface area (Å²) in [6, 6.07) is 6.70. The Morgan fingerprint density at radius 2 is 2.35 bits per heavy atom. The highest BCUT2D eigenvalue weighted by Crippen LogP contribution is 2.10. The zero-order chi connectivity index (χ0) is 12.3. The molecule has 0 spiro atoms. The minimum absolute atomic E-state index is 0.201. The quantitative estimate of drug-likeness (QED) is 0.906. The van der Waals surface area contributed by atoms with Crippen LogP contribution in [0.2, 0.25) is 5.02 Å². The van der Waals surface area contributed by atoms with Crippen LogP contribution in [0.1, 0.15) is 22.1 Å². The molecule has 1 N–H and O–H groups in total. The molecule has 0 saturated heterocycles. The number of benzene rings is 1. The second-order valence-corrected chi connectivity index (χ2v) is 3.86. The van der Waals surface area contributed by atoms with Gasteiger partial charge in [0.1, 0.15) is 0 Å². The summed E-state index contributed by atoms with van der Waals surface area (Å²) in [6.07, 6.45) is 0. The highest BCUT2D eigenvalue weighted by Gasteiger charge is 2.08. The normalized spacial score (nSPS) is 10.2. The van der Waals surface area contributed by atoms with E-state index >= 15 is 0 Å². The summed E-state index contributed by atoms with van der Waals surface area (Å²) in [7, 11) is 0. The van der Waals surface area contributed by atoms with Crippen LogP contribution in [-0.2, 0) is 6.54 Å². The van der Waals surface area contributed by atoms with Crippen molar-refractivity contribution in [1.29, 1.82) is 0 Å². The molecule has 0 aliphatic carbocycles. The van der Waals surface area contributed by atoms with E-state index in [4.69, 9.17) is 16.1 Å². The summed E-state index contributed by atoms with van der Waals surface area (Å²) in [4.78, 5) is 15.7. The van der Waals surface area contributed by atoms with Crippen LogP contribution in [0.5, 0.6) is 0 Å². The molecule has 0 unspecified atom stereocenters. The summed E-state index contributed by atoms with van der Waals surface area (Å²) in [5.74, 6) is 0.679. The van der Waals surface area contributed by atoms with Gasteiger partial charge in [-0.1, -0.05) is 22.8 Å². The molecule has 6 heteroatoms. The monoisotopic (exact) mass is 251 g/mol. The fraction of sp³-hybridized carbons (Fsp3) is 0.182. The van der Waals surface area contributed by atoms with Crippen molar-refractivity contribution in [3.8, 4) is 0 Å². The van der Waals surface area contributed by atoms with E-state index < -0.39 is 0 Å². The number of amides is 1. The molecule has 0 radical (unpaired) electrons. The molecule has 0 saturated carbocycles. The Morgan fingerprint density at radius 3 is 3.00 bits per heavy atom. The van der Waals surface area contributed by atoms with E-state index in [0.29, 0.717) is 22.3 Å². The van der Waals surface area contributed by atoms with Gasteiger partial charge in [-0.25, -0.2) is 0 Å². The van der Waals surface area contributed by atoms with E-state index in [2.05, 4.69) is 15.5 Å². The van der Waals surface area contributed by atoms with E-state index in [1.165, 1.54) is 0 Å². The summed E-state index contributed by atoms with van der Waals surface area (Å²) in [5.41, 5.74) is 0.494. The Balaban J connectivity index is 1.98. The molecule has 2 rings (SSSR count). The fourth-order valence-corrected chi connectivity index (χ4v) is 1.49. The van der Waals surface area contributed by atoms with Gasteiger partial charge in [0.2, 0.25) is 5.89 Å². The number of nitrogens with zero attached hydrogens (tertiary/aromatic N) is 2. The third kappa shape index (κ3) is 3.04. The standard InChI is InChI=1S/C11H10ClN3O2/c1-7-14-10(17-15-7)6-13-11(16)8-3-2-4-9(12)5-8/h2-5H,6H2,1H3,(H,13,16). The van der Waals surface area contributed by atoms with Crippen molar-refractivity contribution >= 4 is 17.5 Å². The average molecular weight is 252 g/mol. The number of hydrogen-bond acceptors (Lipinski definition) is 4. The van der Waals surface area contributed by atoms with Crippen molar-refractivity contribution in [2.75, 3.05) is 0 Å². The van der Waals surface area contributed by atoms with Gasteiger partial charge < -0.3 is 9.84 Å². The van der Waals surface area contributed by atoms with Crippen LogP contribution in [0, 0.1) is 6.92 Å². The molecule has 0 fully saturated rings. The van der Waals surface area contributed by atoms with Gasteiger partial charge >= 0.3 is 0 Å². The second kappa shape index (κ2) is 4.97. The number of rotatable bonds is 3. The smallest absolute Gasteiger partial charge is 0.251 e. The Morgan fingerprint density at radius 1 is 1.53 bits per heavy atom. The Hall–Kier alpha value is -1.88. The lowest BCUT2D eigenvalue weighted by Crippen LogP contribution is -2.22. The molecule has 0 aliphatic heterocycles. The van der Waals surface area contributed by atoms with Crippen molar-refractivity contribution in [2.24, 2.45) is 0 Å². The van der Waals surface area contributed by atoms with Crippen LogP contribution in [0.15, 0.2) is 28.8 Å². The summed E-state index contributed by atoms with van der Waals surface area (Å²) < 4.78 is 4.87. The number of aryl methyl sites for hydroxylation is 1. The van der Waals surface area contributed by atoms with E-state index in [0.717, 1.165) is 0 Å². The Labute approximate surface area is 103 Å². The molecule has 88 valence electrons. The largest absolute Gasteiger partial charge is 0.343 e. The number of carbonyl (C=O) groups is 1. The van der Waals surface area contributed by atoms with E-state index in [1.807, 2.05) is 0 Å². The molecule has 1 aromatic carbocycles. The molecule has 2 aromatic rings. The molecule has 5 nitrogen and oxygen atoms in total. The van der Waals surface area contributed by atoms with Crippen LogP contribution >= 0.6 is 11.6 Å². The maximum absolute atomic E-state index is 11.7. The van der Waals surface area contributed by atoms with Crippen molar-refractivity contribution < 1.29 is 9.32 Å². The predicted octanol–water partition coefficient (Wildman–Crippen LogP) is 1.96. The second-order valence-electron chi connectivity index (χ2n) is 3.43. The first-order valence-electron chi connectivity index (χ1n) is 4.98. The summed E-state index contributed by atoms with van der Waals surface area (Å²) in [5, 5.41) is 6.80. The van der Waals surface area contributed by atoms with E-state index in [-0.39, 0.29) is 12.5 Å². The van der Waals surface area contributed by atoms with Crippen LogP contribution in [-0.4, -0.2) is 16.0 Å². The van der Waals surface area contributed by atoms with Crippen molar-refractivity contribution in [2.45, 2.75) is 13.5 Å². The predicted molar refractivity (Wildman–Crippen MR) is 61.7 cm³/mol. The molecule has 0 aliphatic rings. The van der Waals surface area contributed by atoms with Crippen LogP contribution in [0.3, 0.4) is 0 Å². The van der Waals surface area contributed by atoms with Gasteiger partial charge in [-0.05, 0) is 25.1 Å². The first-order chi connectivity index (χ1) is 8.15. The first kappa shape index (κ1) is 11.6. The summed E-state index contributed by atoms with van der Waals surface area (Å²) >= 11 is 5.79. The van der Waals surface area contributed by atoms with Crippen molar-refractivity contribution in [1.82, 2.24) is 15.5 Å². The van der Waals surface area contributed by atoms with Gasteiger partial charge in [-0.15, -0.1) is 0 Å². The molecule has 0 atom stereocenters. The number of nitrogens with one attached hydrogen (secondary N) is 1. The molecule has 1 aromatic heterocycles. The van der Waals surface area contributed by atoms with Gasteiger partial charge in [-0.3, -0.25) is 4.79 Å². The average Bonchev–Trinajstić information content (AvgIpc) is 2.72. The fourth-order valence-electron chi connectivity index (χ4n) is 1.30. The van der Waals surface area contributed by atoms with Crippen molar-refractivity contribution in [3.63, 3.8) is 0 Å². The molecular formula is C11H10ClN3O2.